The third-order valence-electron chi connectivity index (χ3n) is 14.9. The van der Waals surface area contributed by atoms with Crippen LogP contribution in [0.15, 0.2) is 182 Å². The van der Waals surface area contributed by atoms with Crippen LogP contribution < -0.4 is 0 Å². The molecule has 0 aliphatic rings. The van der Waals surface area contributed by atoms with Gasteiger partial charge >= 0.3 is 6.18 Å². The summed E-state index contributed by atoms with van der Waals surface area (Å²) in [4.78, 5) is 18.3. The molecule has 0 radical (unpaired) electrons. The molecule has 10 aromatic carbocycles. The number of hydrogen-bond donors (Lipinski definition) is 0. The summed E-state index contributed by atoms with van der Waals surface area (Å²) >= 11 is 0. The van der Waals surface area contributed by atoms with Gasteiger partial charge in [0.2, 0.25) is 0 Å². The van der Waals surface area contributed by atoms with E-state index in [1.807, 2.05) is 24.3 Å². The van der Waals surface area contributed by atoms with Crippen LogP contribution in [0, 0.1) is 78.2 Å². The normalized spacial score (nSPS) is 10.9. The van der Waals surface area contributed by atoms with Crippen molar-refractivity contribution in [2.75, 3.05) is 0 Å². The molecule has 386 valence electrons. The molecule has 0 saturated carbocycles. The molecular weight excluding hydrogens is 1050 g/mol. The first-order chi connectivity index (χ1) is 40.8. The standard InChI is InChI=1S/C70H30F3N11/c1-78-50-15-19-52(48(28-50)39-77)43-11-21-63-56(29-43)57-32-46(55-20-16-51(79-2)35-62(55)82-5)14-24-64(57)83(63)67-33-49(70(71,72)73)34-68(69(67)47-8-6-7-40(25-47)36-74)84-65-22-12-44(53-17-9-41(37-75)26-60(53)80-3)30-58(65)59-31-45(13-23-66(59)84)54-18-10-42(38-76)27-61(54)81-4/h6-35H. The SMILES string of the molecule is [C-]#[N+]c1ccc(-c2ccc3c(c2)c2cc(-c4ccc([N+]#[C-])cc4[N+]#[C-])ccc2n3-c2cc(C(F)(F)F)cc(-n3c4ccc(-c5ccc(C#N)cc5[N+]#[C-])cc4c4cc(-c5ccc(C#N)cc5[N+]#[C-])ccc43)c2-c2cccc(C#N)c2)c(C#N)c1. The number of benzene rings is 10. The fourth-order valence-electron chi connectivity index (χ4n) is 11.2. The predicted octanol–water partition coefficient (Wildman–Crippen LogP) is 19.5. The zero-order valence-electron chi connectivity index (χ0n) is 43.4. The second-order valence-corrected chi connectivity index (χ2v) is 19.5. The Morgan fingerprint density at radius 3 is 1.15 bits per heavy atom. The van der Waals surface area contributed by atoms with Crippen molar-refractivity contribution in [3.8, 4) is 91.3 Å². The highest BCUT2D eigenvalue weighted by Crippen LogP contribution is 2.49. The highest BCUT2D eigenvalue weighted by atomic mass is 19.4. The Hall–Kier alpha value is -13.0. The predicted molar refractivity (Wildman–Crippen MR) is 317 cm³/mol. The smallest absolute Gasteiger partial charge is 0.309 e. The maximum atomic E-state index is 16.2. The zero-order valence-corrected chi connectivity index (χ0v) is 43.4. The van der Waals surface area contributed by atoms with Crippen molar-refractivity contribution in [2.24, 2.45) is 0 Å². The molecule has 0 bridgehead atoms. The first-order valence-corrected chi connectivity index (χ1v) is 25.4. The van der Waals surface area contributed by atoms with Crippen LogP contribution in [0.25, 0.3) is 135 Å². The van der Waals surface area contributed by atoms with Gasteiger partial charge in [-0.25, -0.2) is 24.2 Å². The summed E-state index contributed by atoms with van der Waals surface area (Å²) < 4.78 is 52.0. The summed E-state index contributed by atoms with van der Waals surface area (Å²) in [5.41, 5.74) is 8.13. The number of fused-ring (bicyclic) bond motifs is 6. The second-order valence-electron chi connectivity index (χ2n) is 19.5. The molecule has 14 heteroatoms. The first-order valence-electron chi connectivity index (χ1n) is 25.4. The van der Waals surface area contributed by atoms with E-state index >= 15 is 13.2 Å². The first kappa shape index (κ1) is 51.7. The van der Waals surface area contributed by atoms with E-state index in [2.05, 4.69) is 48.5 Å². The number of hydrogen-bond acceptors (Lipinski definition) is 4. The lowest BCUT2D eigenvalue weighted by molar-refractivity contribution is -0.137. The molecule has 0 aliphatic carbocycles. The van der Waals surface area contributed by atoms with Gasteiger partial charge in [0, 0.05) is 43.8 Å². The van der Waals surface area contributed by atoms with Crippen molar-refractivity contribution in [3.63, 3.8) is 0 Å². The summed E-state index contributed by atoms with van der Waals surface area (Å²) in [5, 5.41) is 42.5. The van der Waals surface area contributed by atoms with Gasteiger partial charge in [-0.3, -0.25) is 0 Å². The number of aromatic nitrogens is 2. The van der Waals surface area contributed by atoms with Crippen LogP contribution >= 0.6 is 0 Å². The molecule has 11 nitrogen and oxygen atoms in total. The number of nitrogens with zero attached hydrogens (tertiary/aromatic N) is 11. The molecule has 84 heavy (non-hydrogen) atoms. The molecule has 0 amide bonds. The quantitative estimate of drug-likeness (QED) is 0.147. The van der Waals surface area contributed by atoms with Gasteiger partial charge in [0.25, 0.3) is 0 Å². The number of rotatable bonds is 7. The van der Waals surface area contributed by atoms with Crippen LogP contribution in [0.3, 0.4) is 0 Å². The lowest BCUT2D eigenvalue weighted by Gasteiger charge is -2.23. The van der Waals surface area contributed by atoms with Gasteiger partial charge in [-0.05, 0) is 153 Å². The molecular formula is C70H30F3N11. The maximum absolute atomic E-state index is 16.2. The summed E-state index contributed by atoms with van der Waals surface area (Å²) in [7, 11) is 0. The van der Waals surface area contributed by atoms with Gasteiger partial charge in [0.15, 0.2) is 28.4 Å². The van der Waals surface area contributed by atoms with E-state index in [1.165, 1.54) is 24.3 Å². The van der Waals surface area contributed by atoms with E-state index < -0.39 is 11.7 Å². The minimum atomic E-state index is -4.95. The largest absolute Gasteiger partial charge is 0.416 e. The van der Waals surface area contributed by atoms with Crippen LogP contribution in [0.1, 0.15) is 27.8 Å². The number of alkyl halides is 3. The average Bonchev–Trinajstić information content (AvgIpc) is 2.39. The minimum absolute atomic E-state index is 0.0688. The maximum Gasteiger partial charge on any atom is 0.416 e. The Morgan fingerprint density at radius 2 is 0.750 bits per heavy atom. The molecule has 0 fully saturated rings. The number of nitriles is 4. The van der Waals surface area contributed by atoms with Crippen LogP contribution in [0.2, 0.25) is 0 Å². The van der Waals surface area contributed by atoms with Gasteiger partial charge in [-0.1, -0.05) is 78.9 Å². The topological polar surface area (TPSA) is 127 Å². The Bertz CT molecular complexity index is 4760. The summed E-state index contributed by atoms with van der Waals surface area (Å²) in [6.45, 7) is 39.4. The zero-order chi connectivity index (χ0) is 58.6. The van der Waals surface area contributed by atoms with Crippen molar-refractivity contribution in [1.82, 2.24) is 9.13 Å². The Kier molecular flexibility index (Phi) is 12.5. The molecule has 2 aromatic heterocycles. The summed E-state index contributed by atoms with van der Waals surface area (Å²) in [6, 6.07) is 58.0. The molecule has 0 unspecified atom stereocenters. The van der Waals surface area contributed by atoms with Crippen LogP contribution in [0.5, 0.6) is 0 Å². The fourth-order valence-corrected chi connectivity index (χ4v) is 11.2. The minimum Gasteiger partial charge on any atom is -0.309 e. The van der Waals surface area contributed by atoms with Crippen LogP contribution in [-0.4, -0.2) is 9.13 Å². The van der Waals surface area contributed by atoms with E-state index in [-0.39, 0.29) is 67.6 Å². The molecule has 0 aliphatic heterocycles. The highest BCUT2D eigenvalue weighted by molar-refractivity contribution is 6.15. The molecule has 12 rings (SSSR count). The van der Waals surface area contributed by atoms with Crippen LogP contribution in [0.4, 0.5) is 41.6 Å². The molecule has 0 saturated heterocycles. The molecule has 12 aromatic rings. The molecule has 2 heterocycles. The van der Waals surface area contributed by atoms with Gasteiger partial charge in [-0.15, -0.1) is 0 Å². The molecule has 0 N–H and O–H groups in total. The van der Waals surface area contributed by atoms with E-state index in [0.29, 0.717) is 93.7 Å². The van der Waals surface area contributed by atoms with E-state index in [9.17, 15) is 21.0 Å². The highest BCUT2D eigenvalue weighted by Gasteiger charge is 2.35. The van der Waals surface area contributed by atoms with Crippen molar-refractivity contribution >= 4 is 72.0 Å². The van der Waals surface area contributed by atoms with Crippen molar-refractivity contribution < 1.29 is 13.2 Å². The summed E-state index contributed by atoms with van der Waals surface area (Å²) in [6.07, 6.45) is -4.95. The second kappa shape index (κ2) is 20.3. The lowest BCUT2D eigenvalue weighted by atomic mass is 9.96. The van der Waals surface area contributed by atoms with E-state index in [0.717, 1.165) is 12.1 Å². The third-order valence-corrected chi connectivity index (χ3v) is 14.9. The summed E-state index contributed by atoms with van der Waals surface area (Å²) in [5.74, 6) is 0. The van der Waals surface area contributed by atoms with Crippen molar-refractivity contribution in [2.45, 2.75) is 6.18 Å². The third kappa shape index (κ3) is 8.57. The average molecular weight is 1080 g/mol. The molecule has 0 atom stereocenters. The van der Waals surface area contributed by atoms with E-state index in [1.54, 1.807) is 130 Å². The van der Waals surface area contributed by atoms with Gasteiger partial charge < -0.3 is 9.13 Å². The van der Waals surface area contributed by atoms with Crippen LogP contribution in [-0.2, 0) is 6.18 Å². The Balaban J connectivity index is 1.23. The fraction of sp³-hybridized carbons (Fsp3) is 0.0143. The van der Waals surface area contributed by atoms with Gasteiger partial charge in [-0.2, -0.15) is 34.2 Å². The van der Waals surface area contributed by atoms with Gasteiger partial charge in [0.1, 0.15) is 0 Å². The van der Waals surface area contributed by atoms with Crippen molar-refractivity contribution in [3.05, 3.63) is 267 Å². The Morgan fingerprint density at radius 1 is 0.357 bits per heavy atom. The lowest BCUT2D eigenvalue weighted by Crippen LogP contribution is -2.11. The van der Waals surface area contributed by atoms with Crippen molar-refractivity contribution in [1.29, 1.82) is 21.0 Å². The monoisotopic (exact) mass is 1080 g/mol. The van der Waals surface area contributed by atoms with Gasteiger partial charge in [0.05, 0.1) is 102 Å². The van der Waals surface area contributed by atoms with E-state index in [4.69, 9.17) is 32.9 Å². The Labute approximate surface area is 477 Å². The number of halogens is 3. The molecule has 0 spiro atoms.